The van der Waals surface area contributed by atoms with E-state index in [1.165, 1.54) is 0 Å². The van der Waals surface area contributed by atoms with Crippen molar-refractivity contribution in [1.82, 2.24) is 0 Å². The minimum absolute atomic E-state index is 0.487. The first-order chi connectivity index (χ1) is 7.92. The van der Waals surface area contributed by atoms with Crippen LogP contribution in [0.4, 0.5) is 0 Å². The van der Waals surface area contributed by atoms with Gasteiger partial charge in [-0.05, 0) is 35.0 Å². The molecule has 2 aromatic carbocycles. The van der Waals surface area contributed by atoms with E-state index in [2.05, 4.69) is 4.36 Å². The van der Waals surface area contributed by atoms with E-state index in [0.29, 0.717) is 0 Å². The van der Waals surface area contributed by atoms with Gasteiger partial charge in [0.25, 0.3) is 0 Å². The molecule has 0 atom stereocenters. The van der Waals surface area contributed by atoms with Crippen LogP contribution in [0.3, 0.4) is 0 Å². The van der Waals surface area contributed by atoms with Crippen molar-refractivity contribution in [1.29, 1.82) is 5.26 Å². The van der Waals surface area contributed by atoms with E-state index in [-0.39, 0.29) is 0 Å². The molecule has 0 amide bonds. The Labute approximate surface area is 97.3 Å². The Kier molecular flexibility index (Phi) is 3.47. The molecule has 0 spiro atoms. The molecule has 0 N–H and O–H groups in total. The molecular formula is C13H10N2S. The van der Waals surface area contributed by atoms with Crippen molar-refractivity contribution in [3.05, 3.63) is 60.7 Å². The number of hydrogen-bond donors (Lipinski definition) is 0. The zero-order chi connectivity index (χ0) is 11.2. The fourth-order valence-electron chi connectivity index (χ4n) is 1.38. The third-order valence-electron chi connectivity index (χ3n) is 2.07. The monoisotopic (exact) mass is 226 g/mol. The highest BCUT2D eigenvalue weighted by Crippen LogP contribution is 2.17. The van der Waals surface area contributed by atoms with Crippen LogP contribution in [0.1, 0.15) is 0 Å². The van der Waals surface area contributed by atoms with Gasteiger partial charge in [0.15, 0.2) is 0 Å². The molecule has 0 saturated carbocycles. The fourth-order valence-corrected chi connectivity index (χ4v) is 2.78. The zero-order valence-electron chi connectivity index (χ0n) is 8.58. The van der Waals surface area contributed by atoms with Crippen molar-refractivity contribution in [2.75, 3.05) is 0 Å². The highest BCUT2D eigenvalue weighted by Gasteiger charge is 2.03. The first kappa shape index (κ1) is 10.6. The number of nitrogens with zero attached hydrogens (tertiary/aromatic N) is 2. The van der Waals surface area contributed by atoms with Crippen LogP contribution in [0.25, 0.3) is 0 Å². The lowest BCUT2D eigenvalue weighted by atomic mass is 10.4. The summed E-state index contributed by atoms with van der Waals surface area (Å²) in [5.74, 6) is 0. The van der Waals surface area contributed by atoms with Gasteiger partial charge in [0.05, 0.1) is 0 Å². The molecule has 0 aliphatic carbocycles. The van der Waals surface area contributed by atoms with Crippen LogP contribution in [0.2, 0.25) is 0 Å². The normalized spacial score (nSPS) is 9.75. The van der Waals surface area contributed by atoms with Gasteiger partial charge in [-0.2, -0.15) is 5.26 Å². The van der Waals surface area contributed by atoms with Gasteiger partial charge < -0.3 is 0 Å². The number of benzene rings is 2. The third kappa shape index (κ3) is 2.36. The Morgan fingerprint density at radius 3 is 1.62 bits per heavy atom. The lowest BCUT2D eigenvalue weighted by molar-refractivity contribution is 1.36. The molecule has 0 radical (unpaired) electrons. The van der Waals surface area contributed by atoms with Crippen molar-refractivity contribution in [3.63, 3.8) is 0 Å². The average Bonchev–Trinajstić information content (AvgIpc) is 2.38. The molecule has 0 aromatic heterocycles. The predicted octanol–water partition coefficient (Wildman–Crippen LogP) is 3.39. The van der Waals surface area contributed by atoms with Gasteiger partial charge in [0.2, 0.25) is 6.19 Å². The summed E-state index contributed by atoms with van der Waals surface area (Å²) in [4.78, 5) is 2.13. The van der Waals surface area contributed by atoms with Gasteiger partial charge >= 0.3 is 0 Å². The largest absolute Gasteiger partial charge is 0.212 e. The van der Waals surface area contributed by atoms with Gasteiger partial charge in [-0.25, -0.2) is 0 Å². The Hall–Kier alpha value is -1.92. The minimum atomic E-state index is -0.487. The summed E-state index contributed by atoms with van der Waals surface area (Å²) in [6.45, 7) is 0. The summed E-state index contributed by atoms with van der Waals surface area (Å²) in [6, 6.07) is 19.8. The molecule has 3 heteroatoms. The van der Waals surface area contributed by atoms with E-state index in [0.717, 1.165) is 9.79 Å². The third-order valence-corrected chi connectivity index (χ3v) is 3.77. The molecular weight excluding hydrogens is 216 g/mol. The van der Waals surface area contributed by atoms with E-state index in [1.54, 1.807) is 0 Å². The first-order valence-corrected chi connectivity index (χ1v) is 6.04. The Morgan fingerprint density at radius 2 is 1.25 bits per heavy atom. The quantitative estimate of drug-likeness (QED) is 0.723. The molecule has 0 heterocycles. The summed E-state index contributed by atoms with van der Waals surface area (Å²) >= 11 is 0. The Morgan fingerprint density at radius 1 is 0.812 bits per heavy atom. The van der Waals surface area contributed by atoms with E-state index in [1.807, 2.05) is 66.9 Å². The van der Waals surface area contributed by atoms with Crippen LogP contribution in [-0.2, 0) is 10.7 Å². The molecule has 2 nitrogen and oxygen atoms in total. The molecule has 78 valence electrons. The maximum atomic E-state index is 8.75. The van der Waals surface area contributed by atoms with Gasteiger partial charge in [0.1, 0.15) is 0 Å². The molecule has 0 bridgehead atoms. The van der Waals surface area contributed by atoms with E-state index in [4.69, 9.17) is 5.26 Å². The van der Waals surface area contributed by atoms with Crippen LogP contribution in [-0.4, -0.2) is 0 Å². The van der Waals surface area contributed by atoms with Gasteiger partial charge in [-0.15, -0.1) is 4.36 Å². The van der Waals surface area contributed by atoms with Crippen molar-refractivity contribution >= 4 is 10.7 Å². The zero-order valence-corrected chi connectivity index (χ0v) is 9.39. The first-order valence-electron chi connectivity index (χ1n) is 4.86. The lowest BCUT2D eigenvalue weighted by Crippen LogP contribution is -1.91. The molecule has 0 aliphatic heterocycles. The molecule has 0 aliphatic rings. The maximum absolute atomic E-state index is 8.75. The SMILES string of the molecule is N#CN=S(c1ccccc1)c1ccccc1. The second-order valence-corrected chi connectivity index (χ2v) is 4.80. The van der Waals surface area contributed by atoms with Gasteiger partial charge in [-0.3, -0.25) is 0 Å². The van der Waals surface area contributed by atoms with Crippen LogP contribution >= 0.6 is 0 Å². The van der Waals surface area contributed by atoms with Crippen molar-refractivity contribution in [2.45, 2.75) is 9.79 Å². The van der Waals surface area contributed by atoms with E-state index in [9.17, 15) is 0 Å². The molecule has 2 aromatic rings. The van der Waals surface area contributed by atoms with E-state index >= 15 is 0 Å². The standard InChI is InChI=1S/C13H10N2S/c14-11-15-16(12-7-3-1-4-8-12)13-9-5-2-6-10-13/h1-10H. The smallest absolute Gasteiger partial charge is 0.170 e. The van der Waals surface area contributed by atoms with Crippen molar-refractivity contribution in [3.8, 4) is 6.19 Å². The summed E-state index contributed by atoms with van der Waals surface area (Å²) in [5.41, 5.74) is 0. The lowest BCUT2D eigenvalue weighted by Gasteiger charge is -2.05. The second-order valence-electron chi connectivity index (χ2n) is 3.10. The molecule has 16 heavy (non-hydrogen) atoms. The number of hydrogen-bond acceptors (Lipinski definition) is 2. The number of rotatable bonds is 2. The van der Waals surface area contributed by atoms with Gasteiger partial charge in [0, 0.05) is 9.79 Å². The summed E-state index contributed by atoms with van der Waals surface area (Å²) in [6.07, 6.45) is 1.90. The summed E-state index contributed by atoms with van der Waals surface area (Å²) in [5, 5.41) is 8.75. The van der Waals surface area contributed by atoms with Crippen LogP contribution in [0.15, 0.2) is 74.8 Å². The molecule has 0 fully saturated rings. The van der Waals surface area contributed by atoms with Crippen molar-refractivity contribution < 1.29 is 0 Å². The topological polar surface area (TPSA) is 36.1 Å². The fraction of sp³-hybridized carbons (Fsp3) is 0. The number of nitriles is 1. The molecule has 0 saturated heterocycles. The predicted molar refractivity (Wildman–Crippen MR) is 64.8 cm³/mol. The van der Waals surface area contributed by atoms with Crippen LogP contribution in [0.5, 0.6) is 0 Å². The summed E-state index contributed by atoms with van der Waals surface area (Å²) < 4.78 is 4.00. The average molecular weight is 226 g/mol. The Balaban J connectivity index is 2.50. The van der Waals surface area contributed by atoms with Gasteiger partial charge in [-0.1, -0.05) is 36.4 Å². The maximum Gasteiger partial charge on any atom is 0.212 e. The highest BCUT2D eigenvalue weighted by molar-refractivity contribution is 7.87. The molecule has 0 unspecified atom stereocenters. The summed E-state index contributed by atoms with van der Waals surface area (Å²) in [7, 11) is -0.487. The van der Waals surface area contributed by atoms with Crippen LogP contribution in [0, 0.1) is 11.5 Å². The van der Waals surface area contributed by atoms with Crippen LogP contribution < -0.4 is 0 Å². The van der Waals surface area contributed by atoms with Crippen molar-refractivity contribution in [2.24, 2.45) is 4.36 Å². The Bertz CT molecular complexity index is 485. The second kappa shape index (κ2) is 5.24. The van der Waals surface area contributed by atoms with E-state index < -0.39 is 10.7 Å². The minimum Gasteiger partial charge on any atom is -0.170 e. The highest BCUT2D eigenvalue weighted by atomic mass is 32.2. The molecule has 2 rings (SSSR count).